The minimum atomic E-state index is -0.523. The Morgan fingerprint density at radius 3 is 2.72 bits per heavy atom. The fraction of sp³-hybridized carbons (Fsp3) is 0.160. The van der Waals surface area contributed by atoms with Crippen LogP contribution in [0.15, 0.2) is 71.9 Å². The lowest BCUT2D eigenvalue weighted by Crippen LogP contribution is -2.16. The van der Waals surface area contributed by atoms with E-state index in [4.69, 9.17) is 4.74 Å². The summed E-state index contributed by atoms with van der Waals surface area (Å²) in [5.41, 5.74) is 4.83. The van der Waals surface area contributed by atoms with Crippen LogP contribution < -0.4 is 5.56 Å². The number of pyridine rings is 1. The largest absolute Gasteiger partial charge is 0.465 e. The van der Waals surface area contributed by atoms with Crippen molar-refractivity contribution < 1.29 is 9.53 Å². The van der Waals surface area contributed by atoms with Crippen LogP contribution in [-0.4, -0.2) is 32.4 Å². The average molecular weight is 426 g/mol. The number of ether oxygens (including phenoxy) is 1. The third kappa shape index (κ3) is 3.37. The van der Waals surface area contributed by atoms with Crippen molar-refractivity contribution in [2.75, 3.05) is 7.11 Å². The van der Waals surface area contributed by atoms with E-state index in [1.165, 1.54) is 28.3 Å². The number of rotatable bonds is 5. The van der Waals surface area contributed by atoms with E-state index >= 15 is 0 Å². The fourth-order valence-corrected chi connectivity index (χ4v) is 4.04. The smallest absolute Gasteiger partial charge is 0.341 e. The highest BCUT2D eigenvalue weighted by molar-refractivity contribution is 5.96. The Morgan fingerprint density at radius 1 is 1.12 bits per heavy atom. The monoisotopic (exact) mass is 426 g/mol. The van der Waals surface area contributed by atoms with Crippen molar-refractivity contribution in [2.24, 2.45) is 0 Å². The van der Waals surface area contributed by atoms with E-state index in [2.05, 4.69) is 35.2 Å². The van der Waals surface area contributed by atoms with Crippen LogP contribution in [0, 0.1) is 6.92 Å². The zero-order chi connectivity index (χ0) is 22.2. The van der Waals surface area contributed by atoms with E-state index < -0.39 is 5.97 Å². The Kier molecular flexibility index (Phi) is 4.86. The summed E-state index contributed by atoms with van der Waals surface area (Å²) in [6.07, 6.45) is 6.21. The van der Waals surface area contributed by atoms with Crippen LogP contribution in [-0.2, 0) is 17.7 Å². The molecular weight excluding hydrogens is 404 g/mol. The molecule has 0 saturated heterocycles. The van der Waals surface area contributed by atoms with Gasteiger partial charge in [0.15, 0.2) is 0 Å². The first-order valence-electron chi connectivity index (χ1n) is 10.4. The van der Waals surface area contributed by atoms with Crippen molar-refractivity contribution in [1.82, 2.24) is 19.3 Å². The van der Waals surface area contributed by atoms with E-state index in [0.717, 1.165) is 11.9 Å². The first-order chi connectivity index (χ1) is 15.5. The lowest BCUT2D eigenvalue weighted by molar-refractivity contribution is 0.0600. The van der Waals surface area contributed by atoms with Gasteiger partial charge < -0.3 is 14.3 Å². The van der Waals surface area contributed by atoms with Gasteiger partial charge in [0.1, 0.15) is 11.3 Å². The van der Waals surface area contributed by atoms with E-state index in [0.29, 0.717) is 23.5 Å². The summed E-state index contributed by atoms with van der Waals surface area (Å²) in [6, 6.07) is 15.5. The molecule has 0 bridgehead atoms. The first-order valence-corrected chi connectivity index (χ1v) is 10.4. The summed E-state index contributed by atoms with van der Waals surface area (Å²) in [4.78, 5) is 28.9. The van der Waals surface area contributed by atoms with Crippen LogP contribution in [0.25, 0.3) is 27.8 Å². The van der Waals surface area contributed by atoms with Gasteiger partial charge in [-0.2, -0.15) is 9.78 Å². The van der Waals surface area contributed by atoms with Crippen molar-refractivity contribution >= 4 is 16.9 Å². The van der Waals surface area contributed by atoms with Crippen molar-refractivity contribution in [2.45, 2.75) is 19.9 Å². The molecular formula is C25H22N4O3. The number of H-pyrrole nitrogens is 1. The minimum absolute atomic E-state index is 0.270. The van der Waals surface area contributed by atoms with Crippen LogP contribution in [0.1, 0.15) is 21.5 Å². The van der Waals surface area contributed by atoms with Crippen molar-refractivity contribution in [1.29, 1.82) is 0 Å². The van der Waals surface area contributed by atoms with Gasteiger partial charge in [0.2, 0.25) is 0 Å². The molecule has 160 valence electrons. The highest BCUT2D eigenvalue weighted by Gasteiger charge is 2.25. The highest BCUT2D eigenvalue weighted by Crippen LogP contribution is 2.24. The van der Waals surface area contributed by atoms with E-state index in [9.17, 15) is 9.59 Å². The summed E-state index contributed by atoms with van der Waals surface area (Å²) < 4.78 is 8.15. The minimum Gasteiger partial charge on any atom is -0.465 e. The summed E-state index contributed by atoms with van der Waals surface area (Å²) in [6.45, 7) is 2.67. The Bertz CT molecular complexity index is 1460. The standard InChI is InChI=1S/C25H22N4O3/c1-16-8-9-22-19(12-16)17(13-26-22)10-11-28-14-20-23(21(15-28)25(31)32-2)27-29(24(20)30)18-6-4-3-5-7-18/h3-9,12-15,26H,10-11H2,1-2H3. The summed E-state index contributed by atoms with van der Waals surface area (Å²) >= 11 is 0. The number of aryl methyl sites for hydroxylation is 3. The van der Waals surface area contributed by atoms with Crippen molar-refractivity contribution in [3.05, 3.63) is 94.2 Å². The zero-order valence-electron chi connectivity index (χ0n) is 17.8. The number of hydrogen-bond acceptors (Lipinski definition) is 4. The summed E-state index contributed by atoms with van der Waals surface area (Å²) in [7, 11) is 1.33. The van der Waals surface area contributed by atoms with Crippen molar-refractivity contribution in [3.8, 4) is 16.9 Å². The second-order valence-electron chi connectivity index (χ2n) is 7.83. The van der Waals surface area contributed by atoms with E-state index in [1.807, 2.05) is 29.0 Å². The second kappa shape index (κ2) is 7.85. The van der Waals surface area contributed by atoms with Gasteiger partial charge in [-0.05, 0) is 43.2 Å². The number of nitrogens with zero attached hydrogens (tertiary/aromatic N) is 3. The topological polar surface area (TPSA) is 81.9 Å². The molecule has 0 radical (unpaired) electrons. The molecule has 5 rings (SSSR count). The number of nitrogens with one attached hydrogen (secondary N) is 1. The summed E-state index contributed by atoms with van der Waals surface area (Å²) in [5.74, 6) is -0.523. The molecule has 1 N–H and O–H groups in total. The third-order valence-corrected chi connectivity index (χ3v) is 5.69. The number of aromatic nitrogens is 4. The number of fused-ring (bicyclic) bond motifs is 2. The lowest BCUT2D eigenvalue weighted by atomic mass is 10.1. The molecule has 3 heterocycles. The van der Waals surface area contributed by atoms with Gasteiger partial charge in [0, 0.05) is 36.0 Å². The molecule has 3 aromatic rings. The molecule has 0 fully saturated rings. The Balaban J connectivity index is 1.56. The number of carbonyl (C=O) groups is 1. The molecule has 7 nitrogen and oxygen atoms in total. The van der Waals surface area contributed by atoms with Gasteiger partial charge >= 0.3 is 5.97 Å². The molecule has 0 saturated carbocycles. The molecule has 2 aromatic carbocycles. The number of esters is 1. The van der Waals surface area contributed by atoms with Gasteiger partial charge in [0.05, 0.1) is 18.4 Å². The Hall–Kier alpha value is -4.13. The van der Waals surface area contributed by atoms with Crippen LogP contribution in [0.3, 0.4) is 0 Å². The molecule has 2 aliphatic rings. The summed E-state index contributed by atoms with van der Waals surface area (Å²) in [5, 5.41) is 5.62. The van der Waals surface area contributed by atoms with Gasteiger partial charge in [-0.1, -0.05) is 29.8 Å². The van der Waals surface area contributed by atoms with Crippen LogP contribution in [0.4, 0.5) is 0 Å². The Labute approximate surface area is 184 Å². The van der Waals surface area contributed by atoms with E-state index in [1.54, 1.807) is 24.5 Å². The van der Waals surface area contributed by atoms with Gasteiger partial charge in [-0.25, -0.2) is 4.79 Å². The molecule has 0 aliphatic carbocycles. The fourth-order valence-electron chi connectivity index (χ4n) is 4.04. The molecule has 7 heteroatoms. The third-order valence-electron chi connectivity index (χ3n) is 5.69. The zero-order valence-corrected chi connectivity index (χ0v) is 17.8. The normalized spacial score (nSPS) is 11.3. The van der Waals surface area contributed by atoms with E-state index in [-0.39, 0.29) is 11.1 Å². The number of carbonyl (C=O) groups excluding carboxylic acids is 1. The molecule has 0 amide bonds. The maximum Gasteiger partial charge on any atom is 0.341 e. The van der Waals surface area contributed by atoms with Gasteiger partial charge in [-0.3, -0.25) is 4.79 Å². The second-order valence-corrected chi connectivity index (χ2v) is 7.83. The maximum absolute atomic E-state index is 13.1. The van der Waals surface area contributed by atoms with Crippen LogP contribution in [0.5, 0.6) is 0 Å². The van der Waals surface area contributed by atoms with Gasteiger partial charge in [-0.15, -0.1) is 0 Å². The number of aromatic amines is 1. The molecule has 0 atom stereocenters. The molecule has 1 aromatic heterocycles. The lowest BCUT2D eigenvalue weighted by Gasteiger charge is -2.11. The molecule has 2 aliphatic heterocycles. The van der Waals surface area contributed by atoms with Crippen molar-refractivity contribution in [3.63, 3.8) is 0 Å². The first kappa shape index (κ1) is 19.8. The van der Waals surface area contributed by atoms with Crippen LogP contribution >= 0.6 is 0 Å². The number of methoxy groups -OCH3 is 1. The number of benzene rings is 2. The van der Waals surface area contributed by atoms with Gasteiger partial charge in [0.25, 0.3) is 5.56 Å². The maximum atomic E-state index is 13.1. The number of hydrogen-bond donors (Lipinski definition) is 1. The van der Waals surface area contributed by atoms with Crippen LogP contribution in [0.2, 0.25) is 0 Å². The highest BCUT2D eigenvalue weighted by atomic mass is 16.5. The average Bonchev–Trinajstić information content (AvgIpc) is 3.37. The Morgan fingerprint density at radius 2 is 1.94 bits per heavy atom. The SMILES string of the molecule is COC(=O)c1cn(CCc2c[nH]c3ccc(C)cc23)cc2c(=O)n(-c3ccccc3)nc1-2. The molecule has 32 heavy (non-hydrogen) atoms. The molecule has 0 unspecified atom stereocenters. The predicted octanol–water partition coefficient (Wildman–Crippen LogP) is 3.96. The predicted molar refractivity (Wildman–Crippen MR) is 123 cm³/mol. The number of para-hydroxylation sites is 1. The molecule has 0 spiro atoms. The quantitative estimate of drug-likeness (QED) is 0.431.